The molecule has 1 aliphatic carbocycles. The minimum absolute atomic E-state index is 0.124. The number of tetrazole rings is 1. The Hall–Kier alpha value is -3.93. The molecule has 0 amide bonds. The van der Waals surface area contributed by atoms with Crippen LogP contribution in [-0.2, 0) is 11.8 Å². The van der Waals surface area contributed by atoms with Crippen LogP contribution in [0.3, 0.4) is 0 Å². The van der Waals surface area contributed by atoms with Gasteiger partial charge in [-0.1, -0.05) is 0 Å². The third-order valence-corrected chi connectivity index (χ3v) is 6.62. The van der Waals surface area contributed by atoms with Crippen molar-refractivity contribution in [3.05, 3.63) is 36.9 Å². The van der Waals surface area contributed by atoms with Gasteiger partial charge >= 0.3 is 0 Å². The lowest BCUT2D eigenvalue weighted by molar-refractivity contribution is 0.122. The number of aryl methyl sites for hydroxylation is 1. The van der Waals surface area contributed by atoms with Gasteiger partial charge in [-0.05, 0) is 37.0 Å². The number of ether oxygens (including phenoxy) is 2. The van der Waals surface area contributed by atoms with Gasteiger partial charge in [0, 0.05) is 55.7 Å². The first-order chi connectivity index (χ1) is 17.7. The molecule has 12 heteroatoms. The number of nitrogens with zero attached hydrogens (tertiary/aromatic N) is 9. The zero-order chi connectivity index (χ0) is 24.3. The van der Waals surface area contributed by atoms with Crippen molar-refractivity contribution in [2.45, 2.75) is 37.8 Å². The van der Waals surface area contributed by atoms with Gasteiger partial charge < -0.3 is 19.7 Å². The van der Waals surface area contributed by atoms with Gasteiger partial charge in [-0.15, -0.1) is 10.2 Å². The summed E-state index contributed by atoms with van der Waals surface area (Å²) in [5.41, 5.74) is 3.50. The van der Waals surface area contributed by atoms with Crippen molar-refractivity contribution < 1.29 is 9.47 Å². The summed E-state index contributed by atoms with van der Waals surface area (Å²) in [6, 6.07) is 4.49. The minimum atomic E-state index is 0.124. The Bertz CT molecular complexity index is 1310. The molecule has 1 N–H and O–H groups in total. The second-order valence-corrected chi connectivity index (χ2v) is 9.10. The van der Waals surface area contributed by atoms with Crippen LogP contribution in [0.5, 0.6) is 5.75 Å². The number of morpholine rings is 1. The lowest BCUT2D eigenvalue weighted by Gasteiger charge is -2.31. The first-order valence-corrected chi connectivity index (χ1v) is 12.3. The summed E-state index contributed by atoms with van der Waals surface area (Å²) < 4.78 is 12.0. The molecule has 4 aromatic rings. The molecule has 1 aliphatic heterocycles. The highest BCUT2D eigenvalue weighted by Crippen LogP contribution is 2.33. The quantitative estimate of drug-likeness (QED) is 0.429. The van der Waals surface area contributed by atoms with E-state index in [-0.39, 0.29) is 6.10 Å². The normalized spacial score (nSPS) is 20.4. The smallest absolute Gasteiger partial charge is 0.222 e. The molecule has 4 heterocycles. The molecule has 2 fully saturated rings. The fourth-order valence-corrected chi connectivity index (χ4v) is 4.73. The number of fused-ring (bicyclic) bond motifs is 1. The Morgan fingerprint density at radius 2 is 1.75 bits per heavy atom. The van der Waals surface area contributed by atoms with E-state index in [1.807, 2.05) is 0 Å². The van der Waals surface area contributed by atoms with Crippen LogP contribution in [0, 0.1) is 0 Å². The van der Waals surface area contributed by atoms with Crippen LogP contribution in [0.1, 0.15) is 25.7 Å². The number of nitrogens with one attached hydrogen (secondary N) is 1. The standard InChI is InChI=1S/C24H28N10O2/c1-33-31-23(30-32-33)16-14-27-24(28-15-16)29-17-2-4-19(5-3-17)36-21-13-18(34-8-10-35-11-9-34)12-20-22(21)26-7-6-25-20/h6-7,12-15,17,19H,2-5,8-11H2,1H3,(H,27,28,29)/t17-,19+. The number of benzene rings is 1. The number of hydrogen-bond acceptors (Lipinski definition) is 11. The third kappa shape index (κ3) is 4.89. The SMILES string of the molecule is Cn1nnc(-c2cnc(N[C@H]3CC[C@@H](Oc4cc(N5CCOCC5)cc5nccnc45)CC3)nc2)n1. The minimum Gasteiger partial charge on any atom is -0.488 e. The van der Waals surface area contributed by atoms with Gasteiger partial charge in [-0.3, -0.25) is 4.98 Å². The Kier molecular flexibility index (Phi) is 6.24. The van der Waals surface area contributed by atoms with E-state index in [0.29, 0.717) is 17.8 Å². The summed E-state index contributed by atoms with van der Waals surface area (Å²) in [4.78, 5) is 21.7. The van der Waals surface area contributed by atoms with Gasteiger partial charge in [0.2, 0.25) is 11.8 Å². The molecule has 3 aromatic heterocycles. The van der Waals surface area contributed by atoms with Gasteiger partial charge in [0.05, 0.1) is 37.4 Å². The van der Waals surface area contributed by atoms with Crippen molar-refractivity contribution in [3.63, 3.8) is 0 Å². The molecule has 6 rings (SSSR count). The van der Waals surface area contributed by atoms with E-state index in [1.165, 1.54) is 4.80 Å². The zero-order valence-corrected chi connectivity index (χ0v) is 20.1. The van der Waals surface area contributed by atoms with Crippen LogP contribution in [0.2, 0.25) is 0 Å². The van der Waals surface area contributed by atoms with E-state index in [9.17, 15) is 0 Å². The van der Waals surface area contributed by atoms with Gasteiger partial charge in [-0.2, -0.15) is 4.80 Å². The fourth-order valence-electron chi connectivity index (χ4n) is 4.73. The summed E-state index contributed by atoms with van der Waals surface area (Å²) in [7, 11) is 1.73. The molecule has 0 radical (unpaired) electrons. The predicted octanol–water partition coefficient (Wildman–Crippen LogP) is 2.25. The van der Waals surface area contributed by atoms with Gasteiger partial charge in [0.15, 0.2) is 0 Å². The second kappa shape index (κ2) is 9.97. The highest BCUT2D eigenvalue weighted by atomic mass is 16.5. The second-order valence-electron chi connectivity index (χ2n) is 9.10. The summed E-state index contributed by atoms with van der Waals surface area (Å²) in [5, 5.41) is 15.5. The maximum absolute atomic E-state index is 6.52. The van der Waals surface area contributed by atoms with Crippen LogP contribution in [0.25, 0.3) is 22.4 Å². The summed E-state index contributed by atoms with van der Waals surface area (Å²) in [6.07, 6.45) is 10.8. The maximum Gasteiger partial charge on any atom is 0.222 e. The van der Waals surface area contributed by atoms with Gasteiger partial charge in [0.25, 0.3) is 0 Å². The molecular weight excluding hydrogens is 460 g/mol. The van der Waals surface area contributed by atoms with E-state index in [4.69, 9.17) is 9.47 Å². The number of rotatable bonds is 6. The zero-order valence-electron chi connectivity index (χ0n) is 20.1. The summed E-state index contributed by atoms with van der Waals surface area (Å²) in [5.74, 6) is 1.91. The molecule has 2 aliphatic rings. The van der Waals surface area contributed by atoms with Gasteiger partial charge in [-0.25, -0.2) is 15.0 Å². The van der Waals surface area contributed by atoms with Crippen molar-refractivity contribution >= 4 is 22.7 Å². The maximum atomic E-state index is 6.52. The molecular formula is C24H28N10O2. The van der Waals surface area contributed by atoms with E-state index >= 15 is 0 Å². The molecule has 12 nitrogen and oxygen atoms in total. The summed E-state index contributed by atoms with van der Waals surface area (Å²) in [6.45, 7) is 3.19. The molecule has 0 bridgehead atoms. The average molecular weight is 489 g/mol. The molecule has 186 valence electrons. The monoisotopic (exact) mass is 488 g/mol. The van der Waals surface area contributed by atoms with E-state index in [0.717, 1.165) is 80.0 Å². The highest BCUT2D eigenvalue weighted by Gasteiger charge is 2.25. The van der Waals surface area contributed by atoms with Crippen molar-refractivity contribution in [2.75, 3.05) is 36.5 Å². The Labute approximate surface area is 208 Å². The van der Waals surface area contributed by atoms with Crippen molar-refractivity contribution in [1.29, 1.82) is 0 Å². The largest absolute Gasteiger partial charge is 0.488 e. The molecule has 0 spiro atoms. The molecule has 0 atom stereocenters. The van der Waals surface area contributed by atoms with E-state index in [1.54, 1.807) is 31.8 Å². The molecule has 1 saturated carbocycles. The predicted molar refractivity (Wildman–Crippen MR) is 133 cm³/mol. The first kappa shape index (κ1) is 22.5. The lowest BCUT2D eigenvalue weighted by Crippen LogP contribution is -2.36. The van der Waals surface area contributed by atoms with Crippen LogP contribution >= 0.6 is 0 Å². The topological polar surface area (TPSA) is 129 Å². The number of anilines is 2. The van der Waals surface area contributed by atoms with E-state index in [2.05, 4.69) is 57.7 Å². The first-order valence-electron chi connectivity index (χ1n) is 12.3. The van der Waals surface area contributed by atoms with Crippen LogP contribution in [0.15, 0.2) is 36.9 Å². The van der Waals surface area contributed by atoms with Crippen molar-refractivity contribution in [2.24, 2.45) is 7.05 Å². The average Bonchev–Trinajstić information content (AvgIpc) is 3.37. The Morgan fingerprint density at radius 1 is 0.972 bits per heavy atom. The third-order valence-electron chi connectivity index (χ3n) is 6.62. The molecule has 36 heavy (non-hydrogen) atoms. The highest BCUT2D eigenvalue weighted by molar-refractivity contribution is 5.85. The number of aromatic nitrogens is 8. The fraction of sp³-hybridized carbons (Fsp3) is 0.458. The van der Waals surface area contributed by atoms with Crippen LogP contribution < -0.4 is 15.0 Å². The summed E-state index contributed by atoms with van der Waals surface area (Å²) >= 11 is 0. The molecule has 1 saturated heterocycles. The van der Waals surface area contributed by atoms with E-state index < -0.39 is 0 Å². The number of hydrogen-bond donors (Lipinski definition) is 1. The van der Waals surface area contributed by atoms with Crippen LogP contribution in [0.4, 0.5) is 11.6 Å². The molecule has 0 unspecified atom stereocenters. The van der Waals surface area contributed by atoms with Gasteiger partial charge in [0.1, 0.15) is 11.3 Å². The molecule has 1 aromatic carbocycles. The van der Waals surface area contributed by atoms with Crippen molar-refractivity contribution in [3.8, 4) is 17.1 Å². The lowest BCUT2D eigenvalue weighted by atomic mass is 9.93. The van der Waals surface area contributed by atoms with Crippen molar-refractivity contribution in [1.82, 2.24) is 40.1 Å². The van der Waals surface area contributed by atoms with Crippen LogP contribution in [-0.4, -0.2) is 78.6 Å². The Balaban J connectivity index is 1.09. The Morgan fingerprint density at radius 3 is 2.50 bits per heavy atom.